The Morgan fingerprint density at radius 1 is 1.18 bits per heavy atom. The van der Waals surface area contributed by atoms with Crippen LogP contribution in [0.25, 0.3) is 0 Å². The summed E-state index contributed by atoms with van der Waals surface area (Å²) < 4.78 is 26.7. The van der Waals surface area contributed by atoms with Crippen molar-refractivity contribution in [3.8, 4) is 0 Å². The molecular weight excluding hydrogens is 238 g/mol. The number of hydrogen-bond acceptors (Lipinski definition) is 4. The highest BCUT2D eigenvalue weighted by Crippen LogP contribution is 2.11. The van der Waals surface area contributed by atoms with E-state index in [1.54, 1.807) is 0 Å². The zero-order valence-electron chi connectivity index (χ0n) is 11.4. The summed E-state index contributed by atoms with van der Waals surface area (Å²) in [6.07, 6.45) is 5.31. The highest BCUT2D eigenvalue weighted by atomic mass is 32.2. The van der Waals surface area contributed by atoms with E-state index in [1.807, 2.05) is 0 Å². The molecule has 0 amide bonds. The molecule has 0 rings (SSSR count). The lowest BCUT2D eigenvalue weighted by atomic mass is 10.0. The number of nitrogens with one attached hydrogen (secondary N) is 1. The third-order valence-corrected chi connectivity index (χ3v) is 4.12. The van der Waals surface area contributed by atoms with Crippen molar-refractivity contribution in [2.45, 2.75) is 46.0 Å². The second-order valence-electron chi connectivity index (χ2n) is 4.57. The smallest absolute Gasteiger partial charge is 0.267 e. The summed E-state index contributed by atoms with van der Waals surface area (Å²) >= 11 is 0. The van der Waals surface area contributed by atoms with Gasteiger partial charge >= 0.3 is 0 Å². The van der Waals surface area contributed by atoms with Crippen LogP contribution in [-0.2, 0) is 14.3 Å². The molecule has 0 saturated carbocycles. The Hall–Kier alpha value is -0.130. The van der Waals surface area contributed by atoms with E-state index in [2.05, 4.69) is 23.3 Å². The fraction of sp³-hybridized carbons (Fsp3) is 1.00. The standard InChI is InChI=1S/C12H27NO3S/c1-4-5-9-13-10-6-7-12(2)8-11-17(14,15)16-3/h12-13H,4-11H2,1-3H3. The van der Waals surface area contributed by atoms with Crippen molar-refractivity contribution in [3.63, 3.8) is 0 Å². The summed E-state index contributed by atoms with van der Waals surface area (Å²) in [6.45, 7) is 6.39. The molecule has 1 atom stereocenters. The van der Waals surface area contributed by atoms with Gasteiger partial charge in [-0.3, -0.25) is 4.18 Å². The first-order valence-electron chi connectivity index (χ1n) is 6.50. The van der Waals surface area contributed by atoms with Crippen LogP contribution in [0.2, 0.25) is 0 Å². The lowest BCUT2D eigenvalue weighted by Gasteiger charge is -2.11. The molecule has 104 valence electrons. The van der Waals surface area contributed by atoms with Crippen LogP contribution in [0, 0.1) is 5.92 Å². The minimum Gasteiger partial charge on any atom is -0.317 e. The largest absolute Gasteiger partial charge is 0.317 e. The Bertz CT molecular complexity index is 265. The first-order chi connectivity index (χ1) is 8.02. The zero-order chi connectivity index (χ0) is 13.1. The summed E-state index contributed by atoms with van der Waals surface area (Å²) in [6, 6.07) is 0. The lowest BCUT2D eigenvalue weighted by Crippen LogP contribution is -2.17. The summed E-state index contributed by atoms with van der Waals surface area (Å²) in [5, 5.41) is 3.38. The van der Waals surface area contributed by atoms with Crippen LogP contribution in [-0.4, -0.2) is 34.4 Å². The van der Waals surface area contributed by atoms with E-state index >= 15 is 0 Å². The fourth-order valence-electron chi connectivity index (χ4n) is 1.58. The molecule has 0 heterocycles. The summed E-state index contributed by atoms with van der Waals surface area (Å²) in [7, 11) is -2.05. The van der Waals surface area contributed by atoms with E-state index in [9.17, 15) is 8.42 Å². The molecule has 17 heavy (non-hydrogen) atoms. The molecule has 0 aromatic rings. The van der Waals surface area contributed by atoms with Gasteiger partial charge in [0, 0.05) is 0 Å². The van der Waals surface area contributed by atoms with Gasteiger partial charge in [-0.15, -0.1) is 0 Å². The Morgan fingerprint density at radius 3 is 2.41 bits per heavy atom. The van der Waals surface area contributed by atoms with Gasteiger partial charge in [0.15, 0.2) is 0 Å². The number of rotatable bonds is 11. The van der Waals surface area contributed by atoms with E-state index in [1.165, 1.54) is 20.0 Å². The van der Waals surface area contributed by atoms with Gasteiger partial charge in [-0.2, -0.15) is 8.42 Å². The van der Waals surface area contributed by atoms with Gasteiger partial charge in [0.25, 0.3) is 10.1 Å². The van der Waals surface area contributed by atoms with Crippen LogP contribution in [0.5, 0.6) is 0 Å². The average molecular weight is 265 g/mol. The molecular formula is C12H27NO3S. The van der Waals surface area contributed by atoms with Crippen LogP contribution in [0.15, 0.2) is 0 Å². The first kappa shape index (κ1) is 16.9. The SMILES string of the molecule is CCCCNCCCC(C)CCS(=O)(=O)OC. The van der Waals surface area contributed by atoms with Crippen molar-refractivity contribution >= 4 is 10.1 Å². The molecule has 0 aromatic carbocycles. The molecule has 0 bridgehead atoms. The summed E-state index contributed by atoms with van der Waals surface area (Å²) in [4.78, 5) is 0. The number of hydrogen-bond donors (Lipinski definition) is 1. The molecule has 4 nitrogen and oxygen atoms in total. The zero-order valence-corrected chi connectivity index (χ0v) is 12.2. The van der Waals surface area contributed by atoms with E-state index in [4.69, 9.17) is 0 Å². The van der Waals surface area contributed by atoms with Gasteiger partial charge in [-0.05, 0) is 44.7 Å². The molecule has 0 aromatic heterocycles. The molecule has 5 heteroatoms. The average Bonchev–Trinajstić information content (AvgIpc) is 2.31. The van der Waals surface area contributed by atoms with Gasteiger partial charge in [0.1, 0.15) is 0 Å². The molecule has 1 N–H and O–H groups in total. The second-order valence-corrected chi connectivity index (χ2v) is 6.43. The molecule has 0 aliphatic carbocycles. The highest BCUT2D eigenvalue weighted by Gasteiger charge is 2.11. The van der Waals surface area contributed by atoms with Crippen LogP contribution in [0.3, 0.4) is 0 Å². The molecule has 0 fully saturated rings. The fourth-order valence-corrected chi connectivity index (χ4v) is 2.43. The number of unbranched alkanes of at least 4 members (excludes halogenated alkanes) is 1. The second kappa shape index (κ2) is 9.85. The Balaban J connectivity index is 3.44. The quantitative estimate of drug-likeness (QED) is 0.459. The van der Waals surface area contributed by atoms with Gasteiger partial charge < -0.3 is 5.32 Å². The normalized spacial score (nSPS) is 13.8. The topological polar surface area (TPSA) is 55.4 Å². The van der Waals surface area contributed by atoms with Crippen molar-refractivity contribution in [3.05, 3.63) is 0 Å². The Labute approximate surface area is 106 Å². The molecule has 0 aliphatic rings. The van der Waals surface area contributed by atoms with Crippen LogP contribution >= 0.6 is 0 Å². The maximum atomic E-state index is 11.1. The van der Waals surface area contributed by atoms with E-state index in [-0.39, 0.29) is 5.75 Å². The first-order valence-corrected chi connectivity index (χ1v) is 8.08. The van der Waals surface area contributed by atoms with Crippen molar-refractivity contribution in [2.75, 3.05) is 26.0 Å². The van der Waals surface area contributed by atoms with E-state index < -0.39 is 10.1 Å². The van der Waals surface area contributed by atoms with E-state index in [0.717, 1.165) is 25.9 Å². The molecule has 0 spiro atoms. The van der Waals surface area contributed by atoms with Gasteiger partial charge in [0.05, 0.1) is 12.9 Å². The summed E-state index contributed by atoms with van der Waals surface area (Å²) in [5.41, 5.74) is 0. The minimum absolute atomic E-state index is 0.133. The molecule has 0 radical (unpaired) electrons. The Kier molecular flexibility index (Phi) is 9.78. The maximum Gasteiger partial charge on any atom is 0.267 e. The van der Waals surface area contributed by atoms with Crippen molar-refractivity contribution in [1.29, 1.82) is 0 Å². The molecule has 1 unspecified atom stereocenters. The van der Waals surface area contributed by atoms with Gasteiger partial charge in [0.2, 0.25) is 0 Å². The summed E-state index contributed by atoms with van der Waals surface area (Å²) in [5.74, 6) is 0.571. The van der Waals surface area contributed by atoms with E-state index in [0.29, 0.717) is 12.3 Å². The van der Waals surface area contributed by atoms with Crippen molar-refractivity contribution in [1.82, 2.24) is 5.32 Å². The Morgan fingerprint density at radius 2 is 1.82 bits per heavy atom. The van der Waals surface area contributed by atoms with Crippen molar-refractivity contribution in [2.24, 2.45) is 5.92 Å². The third kappa shape index (κ3) is 10.7. The maximum absolute atomic E-state index is 11.1. The predicted octanol–water partition coefficient (Wildman–Crippen LogP) is 2.16. The molecule has 0 saturated heterocycles. The van der Waals surface area contributed by atoms with Crippen LogP contribution in [0.1, 0.15) is 46.0 Å². The van der Waals surface area contributed by atoms with Gasteiger partial charge in [-0.25, -0.2) is 0 Å². The predicted molar refractivity (Wildman–Crippen MR) is 71.6 cm³/mol. The van der Waals surface area contributed by atoms with Crippen LogP contribution in [0.4, 0.5) is 0 Å². The van der Waals surface area contributed by atoms with Gasteiger partial charge in [-0.1, -0.05) is 20.3 Å². The minimum atomic E-state index is -3.27. The third-order valence-electron chi connectivity index (χ3n) is 2.87. The lowest BCUT2D eigenvalue weighted by molar-refractivity contribution is 0.390. The van der Waals surface area contributed by atoms with Crippen molar-refractivity contribution < 1.29 is 12.6 Å². The van der Waals surface area contributed by atoms with Crippen LogP contribution < -0.4 is 5.32 Å². The highest BCUT2D eigenvalue weighted by molar-refractivity contribution is 7.86. The monoisotopic (exact) mass is 265 g/mol. The molecule has 0 aliphatic heterocycles.